The van der Waals surface area contributed by atoms with Gasteiger partial charge >= 0.3 is 6.18 Å². The van der Waals surface area contributed by atoms with Gasteiger partial charge in [0.2, 0.25) is 5.91 Å². The Morgan fingerprint density at radius 2 is 1.82 bits per heavy atom. The molecule has 0 saturated carbocycles. The number of benzene rings is 2. The van der Waals surface area contributed by atoms with Crippen LogP contribution in [-0.4, -0.2) is 77.2 Å². The van der Waals surface area contributed by atoms with Crippen molar-refractivity contribution in [2.75, 3.05) is 44.6 Å². The van der Waals surface area contributed by atoms with Crippen molar-refractivity contribution in [1.82, 2.24) is 14.7 Å². The number of rotatable bonds is 8. The third kappa shape index (κ3) is 7.04. The van der Waals surface area contributed by atoms with Crippen molar-refractivity contribution in [3.63, 3.8) is 0 Å². The van der Waals surface area contributed by atoms with E-state index >= 15 is 0 Å². The lowest BCUT2D eigenvalue weighted by Crippen LogP contribution is -2.50. The quantitative estimate of drug-likeness (QED) is 0.324. The van der Waals surface area contributed by atoms with Gasteiger partial charge in [-0.15, -0.1) is 0 Å². The summed E-state index contributed by atoms with van der Waals surface area (Å²) in [5, 5.41) is 10.3. The smallest absolute Gasteiger partial charge is 0.380 e. The predicted molar refractivity (Wildman–Crippen MR) is 149 cm³/mol. The summed E-state index contributed by atoms with van der Waals surface area (Å²) < 4.78 is 40.2. The molecule has 0 unspecified atom stereocenters. The molecule has 0 aliphatic carbocycles. The van der Waals surface area contributed by atoms with Crippen LogP contribution >= 0.6 is 23.4 Å². The number of imide groups is 1. The largest absolute Gasteiger partial charge is 0.416 e. The minimum atomic E-state index is -4.57. The number of carbonyl (C=O) groups is 3. The number of carbonyl (C=O) groups excluding carboxylic acids is 3. The molecule has 3 amide bonds. The number of amides is 3. The molecule has 2 heterocycles. The Morgan fingerprint density at radius 1 is 1.10 bits per heavy atom. The molecular weight excluding hydrogens is 567 g/mol. The molecule has 0 radical (unpaired) electrons. The monoisotopic (exact) mass is 593 g/mol. The Bertz CT molecular complexity index is 1360. The topological polar surface area (TPSA) is 96.8 Å². The molecule has 0 spiro atoms. The second kappa shape index (κ2) is 12.4. The van der Waals surface area contributed by atoms with E-state index in [2.05, 4.69) is 10.2 Å². The van der Waals surface area contributed by atoms with Gasteiger partial charge in [0.25, 0.3) is 11.1 Å². The van der Waals surface area contributed by atoms with Crippen molar-refractivity contribution >= 4 is 58.4 Å². The number of halogens is 4. The molecule has 0 bridgehead atoms. The molecule has 4 rings (SSSR count). The van der Waals surface area contributed by atoms with Gasteiger partial charge in [-0.1, -0.05) is 23.7 Å². The zero-order valence-corrected chi connectivity index (χ0v) is 23.1. The maximum atomic E-state index is 13.4. The lowest BCUT2D eigenvalue weighted by atomic mass is 10.1. The number of hydrogen-bond donors (Lipinski definition) is 2. The number of alkyl halides is 3. The van der Waals surface area contributed by atoms with Gasteiger partial charge in [0.1, 0.15) is 0 Å². The molecule has 2 aromatic carbocycles. The van der Waals surface area contributed by atoms with Gasteiger partial charge in [-0.3, -0.25) is 24.2 Å². The van der Waals surface area contributed by atoms with Crippen molar-refractivity contribution < 1.29 is 27.6 Å². The van der Waals surface area contributed by atoms with E-state index in [0.29, 0.717) is 49.5 Å². The molecule has 2 saturated heterocycles. The maximum absolute atomic E-state index is 13.4. The van der Waals surface area contributed by atoms with Gasteiger partial charge in [-0.05, 0) is 53.2 Å². The molecule has 2 aliphatic rings. The van der Waals surface area contributed by atoms with Gasteiger partial charge in [0.15, 0.2) is 0 Å². The van der Waals surface area contributed by atoms with Crippen LogP contribution in [0.1, 0.15) is 29.2 Å². The highest BCUT2D eigenvalue weighted by atomic mass is 35.5. The van der Waals surface area contributed by atoms with Crippen LogP contribution in [0.4, 0.5) is 23.7 Å². The molecule has 2 fully saturated rings. The second-order valence-corrected chi connectivity index (χ2v) is 10.8. The van der Waals surface area contributed by atoms with Crippen LogP contribution in [0.5, 0.6) is 0 Å². The Hall–Kier alpha value is -3.35. The standard InChI is InChI=1S/C27H27ClF3N5O3S/c1-17(37)35-9-6-34(7-10-35)8-11-36-25(38)24(40-26(36)39)13-18-2-5-23(20(12-18)15-32)33-16-19-3-4-21(28)14-22(19)27(29,30)31/h2-5,12-15,32-33H,6-11,16H2,1H3. The highest BCUT2D eigenvalue weighted by molar-refractivity contribution is 8.18. The average Bonchev–Trinajstić information content (AvgIpc) is 3.18. The third-order valence-corrected chi connectivity index (χ3v) is 7.85. The molecule has 2 aliphatic heterocycles. The molecular formula is C27H27ClF3N5O3S. The van der Waals surface area contributed by atoms with Gasteiger partial charge in [0.05, 0.1) is 10.5 Å². The van der Waals surface area contributed by atoms with Crippen molar-refractivity contribution in [2.24, 2.45) is 0 Å². The van der Waals surface area contributed by atoms with E-state index < -0.39 is 17.6 Å². The Kier molecular flexibility index (Phi) is 9.22. The number of thioether (sulfide) groups is 1. The molecule has 0 atom stereocenters. The molecule has 212 valence electrons. The normalized spacial score (nSPS) is 17.6. The fourth-order valence-corrected chi connectivity index (χ4v) is 5.52. The van der Waals surface area contributed by atoms with Crippen LogP contribution in [0.2, 0.25) is 5.02 Å². The van der Waals surface area contributed by atoms with E-state index in [1.54, 1.807) is 29.2 Å². The molecule has 2 N–H and O–H groups in total. The summed E-state index contributed by atoms with van der Waals surface area (Å²) in [6.07, 6.45) is -1.94. The van der Waals surface area contributed by atoms with Gasteiger partial charge < -0.3 is 15.6 Å². The molecule has 13 heteroatoms. The van der Waals surface area contributed by atoms with Crippen LogP contribution in [0.15, 0.2) is 41.3 Å². The maximum Gasteiger partial charge on any atom is 0.416 e. The fraction of sp³-hybridized carbons (Fsp3) is 0.333. The van der Waals surface area contributed by atoms with Gasteiger partial charge in [-0.25, -0.2) is 0 Å². The first-order valence-corrected chi connectivity index (χ1v) is 13.6. The number of hydrogen-bond acceptors (Lipinski definition) is 7. The minimum Gasteiger partial charge on any atom is -0.380 e. The second-order valence-electron chi connectivity index (χ2n) is 9.32. The van der Waals surface area contributed by atoms with Crippen molar-refractivity contribution in [2.45, 2.75) is 19.6 Å². The first-order valence-electron chi connectivity index (χ1n) is 12.4. The van der Waals surface area contributed by atoms with E-state index in [4.69, 9.17) is 17.0 Å². The Morgan fingerprint density at radius 3 is 2.48 bits per heavy atom. The van der Waals surface area contributed by atoms with Crippen LogP contribution in [0.3, 0.4) is 0 Å². The Balaban J connectivity index is 1.40. The summed E-state index contributed by atoms with van der Waals surface area (Å²) in [7, 11) is 0. The molecule has 2 aromatic rings. The van der Waals surface area contributed by atoms with E-state index in [1.165, 1.54) is 24.0 Å². The number of nitrogens with one attached hydrogen (secondary N) is 2. The predicted octanol–water partition coefficient (Wildman–Crippen LogP) is 5.17. The number of piperazine rings is 1. The zero-order valence-electron chi connectivity index (χ0n) is 21.6. The van der Waals surface area contributed by atoms with Crippen molar-refractivity contribution in [3.05, 3.63) is 68.6 Å². The van der Waals surface area contributed by atoms with Crippen molar-refractivity contribution in [1.29, 1.82) is 5.41 Å². The highest BCUT2D eigenvalue weighted by Crippen LogP contribution is 2.35. The Labute approximate surface area is 238 Å². The SMILES string of the molecule is CC(=O)N1CCN(CCN2C(=O)SC(=Cc3ccc(NCc4ccc(Cl)cc4C(F)(F)F)c(C=N)c3)C2=O)CC1. The van der Waals surface area contributed by atoms with E-state index in [9.17, 15) is 27.6 Å². The molecule has 0 aromatic heterocycles. The zero-order chi connectivity index (χ0) is 29.0. The summed E-state index contributed by atoms with van der Waals surface area (Å²) in [4.78, 5) is 42.3. The highest BCUT2D eigenvalue weighted by Gasteiger charge is 2.35. The summed E-state index contributed by atoms with van der Waals surface area (Å²) in [6.45, 7) is 4.71. The summed E-state index contributed by atoms with van der Waals surface area (Å²) >= 11 is 6.59. The average molecular weight is 594 g/mol. The van der Waals surface area contributed by atoms with E-state index in [1.807, 2.05) is 0 Å². The minimum absolute atomic E-state index is 0.00585. The van der Waals surface area contributed by atoms with Crippen LogP contribution < -0.4 is 5.32 Å². The molecule has 40 heavy (non-hydrogen) atoms. The summed E-state index contributed by atoms with van der Waals surface area (Å²) in [6, 6.07) is 8.45. The summed E-state index contributed by atoms with van der Waals surface area (Å²) in [5.41, 5.74) is 0.576. The first kappa shape index (κ1) is 29.6. The fourth-order valence-electron chi connectivity index (χ4n) is 4.48. The van der Waals surface area contributed by atoms with Crippen LogP contribution in [0.25, 0.3) is 6.08 Å². The van der Waals surface area contributed by atoms with Crippen LogP contribution in [-0.2, 0) is 22.3 Å². The lowest BCUT2D eigenvalue weighted by Gasteiger charge is -2.34. The first-order chi connectivity index (χ1) is 19.0. The lowest BCUT2D eigenvalue weighted by molar-refractivity contribution is -0.138. The van der Waals surface area contributed by atoms with Gasteiger partial charge in [0, 0.05) is 75.2 Å². The summed E-state index contributed by atoms with van der Waals surface area (Å²) in [5.74, 6) is -0.374. The van der Waals surface area contributed by atoms with Crippen LogP contribution in [0, 0.1) is 5.41 Å². The third-order valence-electron chi connectivity index (χ3n) is 6.71. The van der Waals surface area contributed by atoms with E-state index in [-0.39, 0.29) is 39.7 Å². The number of anilines is 1. The van der Waals surface area contributed by atoms with E-state index in [0.717, 1.165) is 24.0 Å². The van der Waals surface area contributed by atoms with Gasteiger partial charge in [-0.2, -0.15) is 13.2 Å². The van der Waals surface area contributed by atoms with Crippen molar-refractivity contribution in [3.8, 4) is 0 Å². The number of nitrogens with zero attached hydrogens (tertiary/aromatic N) is 3. The molecule has 8 nitrogen and oxygen atoms in total.